The molecule has 42 heavy (non-hydrogen) atoms. The van der Waals surface area contributed by atoms with Crippen LogP contribution in [0, 0.1) is 0 Å². The Balaban J connectivity index is 1.31. The lowest BCUT2D eigenvalue weighted by molar-refractivity contribution is -0.00747. The van der Waals surface area contributed by atoms with E-state index in [9.17, 15) is 9.59 Å². The average Bonchev–Trinajstić information content (AvgIpc) is 3.36. The molecule has 0 bridgehead atoms. The Labute approximate surface area is 246 Å². The van der Waals surface area contributed by atoms with E-state index >= 15 is 0 Å². The van der Waals surface area contributed by atoms with Gasteiger partial charge in [-0.15, -0.1) is 0 Å². The summed E-state index contributed by atoms with van der Waals surface area (Å²) in [6, 6.07) is 5.78. The van der Waals surface area contributed by atoms with Crippen molar-refractivity contribution in [3.8, 4) is 0 Å². The molecule has 3 aromatic heterocycles. The van der Waals surface area contributed by atoms with Crippen molar-refractivity contribution in [3.05, 3.63) is 36.3 Å². The Morgan fingerprint density at radius 1 is 1.07 bits per heavy atom. The first-order valence-corrected chi connectivity index (χ1v) is 14.7. The maximum absolute atomic E-state index is 13.7. The Morgan fingerprint density at radius 3 is 2.45 bits per heavy atom. The zero-order chi connectivity index (χ0) is 29.6. The van der Waals surface area contributed by atoms with Crippen molar-refractivity contribution in [2.24, 2.45) is 0 Å². The van der Waals surface area contributed by atoms with Gasteiger partial charge in [-0.3, -0.25) is 4.79 Å². The lowest BCUT2D eigenvalue weighted by Crippen LogP contribution is -2.57. The Kier molecular flexibility index (Phi) is 7.30. The van der Waals surface area contributed by atoms with Crippen molar-refractivity contribution >= 4 is 40.5 Å². The van der Waals surface area contributed by atoms with Gasteiger partial charge in [0.1, 0.15) is 22.8 Å². The maximum atomic E-state index is 13.7. The van der Waals surface area contributed by atoms with Crippen LogP contribution in [-0.4, -0.2) is 99.9 Å². The molecule has 12 nitrogen and oxygen atoms in total. The molecular formula is C30H40N8O4. The summed E-state index contributed by atoms with van der Waals surface area (Å²) in [5, 5.41) is 3.98. The summed E-state index contributed by atoms with van der Waals surface area (Å²) in [4.78, 5) is 46.8. The molecule has 1 spiro atoms. The number of ether oxygens (including phenoxy) is 2. The molecule has 3 aliphatic rings. The number of hydrogen-bond acceptors (Lipinski definition) is 10. The number of carbonyl (C=O) groups is 2. The minimum absolute atomic E-state index is 0.139. The van der Waals surface area contributed by atoms with Gasteiger partial charge in [0.15, 0.2) is 0 Å². The maximum Gasteiger partial charge on any atom is 0.417 e. The molecule has 5 heterocycles. The zero-order valence-corrected chi connectivity index (χ0v) is 25.1. The van der Waals surface area contributed by atoms with E-state index in [1.165, 1.54) is 4.90 Å². The summed E-state index contributed by atoms with van der Waals surface area (Å²) in [6.45, 7) is 9.62. The number of rotatable bonds is 4. The number of aromatic nitrogens is 4. The lowest BCUT2D eigenvalue weighted by atomic mass is 9.78. The van der Waals surface area contributed by atoms with Gasteiger partial charge in [-0.25, -0.2) is 19.7 Å². The zero-order valence-electron chi connectivity index (χ0n) is 25.1. The first-order valence-electron chi connectivity index (χ1n) is 14.7. The highest BCUT2D eigenvalue weighted by atomic mass is 16.6. The molecule has 6 rings (SSSR count). The lowest BCUT2D eigenvalue weighted by Gasteiger charge is -2.47. The van der Waals surface area contributed by atoms with Crippen LogP contribution in [0.15, 0.2) is 30.6 Å². The molecule has 2 aliphatic heterocycles. The molecule has 1 saturated carbocycles. The van der Waals surface area contributed by atoms with Crippen molar-refractivity contribution < 1.29 is 19.1 Å². The third-order valence-corrected chi connectivity index (χ3v) is 8.60. The summed E-state index contributed by atoms with van der Waals surface area (Å²) in [5.74, 6) is 0.642. The number of likely N-dealkylation sites (N-methyl/N-ethyl adjacent to an activating group) is 1. The molecule has 0 aromatic carbocycles. The van der Waals surface area contributed by atoms with Gasteiger partial charge in [-0.1, -0.05) is 0 Å². The largest absolute Gasteiger partial charge is 0.443 e. The first-order chi connectivity index (χ1) is 20.0. The molecule has 1 N–H and O–H groups in total. The highest BCUT2D eigenvalue weighted by Gasteiger charge is 2.49. The molecule has 2 amide bonds. The normalized spacial score (nSPS) is 23.4. The molecular weight excluding hydrogens is 536 g/mol. The van der Waals surface area contributed by atoms with Crippen LogP contribution in [0.1, 0.15) is 56.9 Å². The Bertz CT molecular complexity index is 1460. The predicted octanol–water partition coefficient (Wildman–Crippen LogP) is 4.00. The highest BCUT2D eigenvalue weighted by Crippen LogP contribution is 2.43. The van der Waals surface area contributed by atoms with Crippen LogP contribution in [-0.2, 0) is 15.0 Å². The van der Waals surface area contributed by atoms with E-state index < -0.39 is 23.1 Å². The van der Waals surface area contributed by atoms with Gasteiger partial charge in [0.25, 0.3) is 5.91 Å². The van der Waals surface area contributed by atoms with E-state index in [0.29, 0.717) is 23.1 Å². The molecule has 0 atom stereocenters. The van der Waals surface area contributed by atoms with Crippen LogP contribution in [0.3, 0.4) is 0 Å². The van der Waals surface area contributed by atoms with E-state index in [-0.39, 0.29) is 12.6 Å². The number of amides is 2. The van der Waals surface area contributed by atoms with Gasteiger partial charge in [0, 0.05) is 44.9 Å². The van der Waals surface area contributed by atoms with Crippen molar-refractivity contribution in [2.45, 2.75) is 63.7 Å². The fraction of sp³-hybridized carbons (Fsp3) is 0.567. The average molecular weight is 577 g/mol. The van der Waals surface area contributed by atoms with Crippen LogP contribution in [0.25, 0.3) is 11.0 Å². The third-order valence-electron chi connectivity index (χ3n) is 8.60. The standard InChI is InChI=1S/C30H40N8O4/c1-29(2,3)42-28(40)37-19-30(10-8-22(41-5)9-11-30)38-23(26(37)39)16-20-17-32-27(34-25(20)38)33-24-7-6-21(18-31-24)36-14-12-35(4)13-15-36/h6-7,16-18,22H,8-15,19H2,1-5H3,(H,31,32,33,34)/t22-,30-. The molecule has 3 aromatic rings. The highest BCUT2D eigenvalue weighted by molar-refractivity contribution is 6.06. The van der Waals surface area contributed by atoms with Crippen LogP contribution in [0.4, 0.5) is 22.2 Å². The van der Waals surface area contributed by atoms with Crippen LogP contribution in [0.2, 0.25) is 0 Å². The van der Waals surface area contributed by atoms with Crippen LogP contribution >= 0.6 is 0 Å². The number of pyridine rings is 1. The number of nitrogens with zero attached hydrogens (tertiary/aromatic N) is 7. The second kappa shape index (κ2) is 10.8. The number of anilines is 3. The fourth-order valence-electron chi connectivity index (χ4n) is 6.30. The van der Waals surface area contributed by atoms with Crippen LogP contribution in [0.5, 0.6) is 0 Å². The van der Waals surface area contributed by atoms with Gasteiger partial charge in [0.05, 0.1) is 30.1 Å². The Morgan fingerprint density at radius 2 is 1.81 bits per heavy atom. The minimum atomic E-state index is -0.717. The molecule has 2 fully saturated rings. The third kappa shape index (κ3) is 5.40. The second-order valence-corrected chi connectivity index (χ2v) is 12.7. The number of piperazine rings is 1. The van der Waals surface area contributed by atoms with Crippen molar-refractivity contribution in [1.82, 2.24) is 29.3 Å². The van der Waals surface area contributed by atoms with Crippen molar-refractivity contribution in [1.29, 1.82) is 0 Å². The summed E-state index contributed by atoms with van der Waals surface area (Å²) in [7, 11) is 3.87. The number of nitrogens with one attached hydrogen (secondary N) is 1. The van der Waals surface area contributed by atoms with Gasteiger partial charge in [0.2, 0.25) is 5.95 Å². The van der Waals surface area contributed by atoms with Gasteiger partial charge in [-0.2, -0.15) is 4.98 Å². The summed E-state index contributed by atoms with van der Waals surface area (Å²) < 4.78 is 13.3. The number of fused-ring (bicyclic) bond motifs is 4. The molecule has 0 unspecified atom stereocenters. The van der Waals surface area contributed by atoms with E-state index in [1.807, 2.05) is 16.8 Å². The monoisotopic (exact) mass is 576 g/mol. The van der Waals surface area contributed by atoms with E-state index in [1.54, 1.807) is 40.1 Å². The second-order valence-electron chi connectivity index (χ2n) is 12.7. The Hall–Kier alpha value is -3.77. The minimum Gasteiger partial charge on any atom is -0.443 e. The van der Waals surface area contributed by atoms with Gasteiger partial charge < -0.3 is 29.2 Å². The molecule has 0 radical (unpaired) electrons. The number of methoxy groups -OCH3 is 1. The number of carbonyl (C=O) groups excluding carboxylic acids is 2. The molecule has 1 saturated heterocycles. The first kappa shape index (κ1) is 28.4. The fourth-order valence-corrected chi connectivity index (χ4v) is 6.30. The SMILES string of the molecule is CO[C@H]1CC[C@]2(CC1)CN(C(=O)OC(C)(C)C)C(=O)c1cc3cnc(Nc4ccc(N5CCN(C)CC5)cn4)nc3n12. The summed E-state index contributed by atoms with van der Waals surface area (Å²) in [5.41, 5.74) is 0.923. The van der Waals surface area contributed by atoms with Gasteiger partial charge in [-0.05, 0) is 71.7 Å². The van der Waals surface area contributed by atoms with E-state index in [4.69, 9.17) is 14.5 Å². The molecule has 12 heteroatoms. The molecule has 224 valence electrons. The van der Waals surface area contributed by atoms with Crippen LogP contribution < -0.4 is 10.2 Å². The molecule has 1 aliphatic carbocycles. The predicted molar refractivity (Wildman–Crippen MR) is 159 cm³/mol. The number of imide groups is 1. The quantitative estimate of drug-likeness (QED) is 0.488. The van der Waals surface area contributed by atoms with Crippen molar-refractivity contribution in [2.75, 3.05) is 57.1 Å². The van der Waals surface area contributed by atoms with E-state index in [0.717, 1.165) is 62.9 Å². The summed E-state index contributed by atoms with van der Waals surface area (Å²) >= 11 is 0. The van der Waals surface area contributed by atoms with Crippen molar-refractivity contribution in [3.63, 3.8) is 0 Å². The summed E-state index contributed by atoms with van der Waals surface area (Å²) in [6.07, 6.45) is 6.19. The van der Waals surface area contributed by atoms with E-state index in [2.05, 4.69) is 38.2 Å². The topological polar surface area (TPSA) is 118 Å². The smallest absolute Gasteiger partial charge is 0.417 e. The van der Waals surface area contributed by atoms with Gasteiger partial charge >= 0.3 is 6.09 Å². The number of hydrogen-bond donors (Lipinski definition) is 1.